The van der Waals surface area contributed by atoms with Gasteiger partial charge in [-0.2, -0.15) is 29.8 Å². The molecule has 3 aromatic rings. The Hall–Kier alpha value is -2.35. The first-order valence-electron chi connectivity index (χ1n) is 5.00. The zero-order valence-electron chi connectivity index (χ0n) is 9.27. The number of halogens is 1. The summed E-state index contributed by atoms with van der Waals surface area (Å²) in [5.74, 6) is 0.615. The standard InChI is InChI=1S/C9H7ClN8/c1-6-2-12-17(3-6)8-14-7(10)15-9(16-8)18-5-11-4-13-18/h2-5H,1H3. The summed E-state index contributed by atoms with van der Waals surface area (Å²) >= 11 is 5.86. The summed E-state index contributed by atoms with van der Waals surface area (Å²) in [6.07, 6.45) is 6.35. The highest BCUT2D eigenvalue weighted by atomic mass is 35.5. The zero-order chi connectivity index (χ0) is 12.5. The van der Waals surface area contributed by atoms with E-state index in [-0.39, 0.29) is 11.2 Å². The predicted octanol–water partition coefficient (Wildman–Crippen LogP) is 0.600. The van der Waals surface area contributed by atoms with Crippen LogP contribution in [0.4, 0.5) is 0 Å². The minimum Gasteiger partial charge on any atom is -0.223 e. The lowest BCUT2D eigenvalue weighted by molar-refractivity contribution is 0.743. The Morgan fingerprint density at radius 2 is 1.83 bits per heavy atom. The second-order valence-corrected chi connectivity index (χ2v) is 3.84. The molecule has 9 heteroatoms. The summed E-state index contributed by atoms with van der Waals surface area (Å²) in [6, 6.07) is 0. The van der Waals surface area contributed by atoms with Crippen molar-refractivity contribution in [2.75, 3.05) is 0 Å². The van der Waals surface area contributed by atoms with Gasteiger partial charge in [0, 0.05) is 6.20 Å². The van der Waals surface area contributed by atoms with Crippen LogP contribution in [0, 0.1) is 6.92 Å². The Morgan fingerprint density at radius 3 is 2.44 bits per heavy atom. The van der Waals surface area contributed by atoms with Gasteiger partial charge in [0.25, 0.3) is 11.9 Å². The summed E-state index contributed by atoms with van der Waals surface area (Å²) < 4.78 is 2.91. The molecule has 0 amide bonds. The van der Waals surface area contributed by atoms with Crippen LogP contribution < -0.4 is 0 Å². The first-order valence-corrected chi connectivity index (χ1v) is 5.38. The van der Waals surface area contributed by atoms with Crippen molar-refractivity contribution in [3.8, 4) is 11.9 Å². The molecule has 3 rings (SSSR count). The molecule has 3 heterocycles. The van der Waals surface area contributed by atoms with E-state index in [0.717, 1.165) is 5.56 Å². The number of rotatable bonds is 2. The summed E-state index contributed by atoms with van der Waals surface area (Å²) in [6.45, 7) is 1.92. The van der Waals surface area contributed by atoms with E-state index < -0.39 is 0 Å². The van der Waals surface area contributed by atoms with Gasteiger partial charge in [0.2, 0.25) is 5.28 Å². The molecule has 0 N–H and O–H groups in total. The minimum atomic E-state index is 0.0682. The molecule has 0 atom stereocenters. The molecule has 0 spiro atoms. The summed E-state index contributed by atoms with van der Waals surface area (Å²) in [7, 11) is 0. The van der Waals surface area contributed by atoms with Gasteiger partial charge in [-0.1, -0.05) is 0 Å². The largest absolute Gasteiger partial charge is 0.258 e. The first-order chi connectivity index (χ1) is 8.72. The topological polar surface area (TPSA) is 87.2 Å². The quantitative estimate of drug-likeness (QED) is 0.672. The number of aryl methyl sites for hydroxylation is 1. The summed E-state index contributed by atoms with van der Waals surface area (Å²) in [5, 5.41) is 8.11. The van der Waals surface area contributed by atoms with Crippen LogP contribution in [0.1, 0.15) is 5.56 Å². The smallest absolute Gasteiger partial charge is 0.223 e. The van der Waals surface area contributed by atoms with Crippen LogP contribution in [-0.4, -0.2) is 39.5 Å². The number of nitrogens with zero attached hydrogens (tertiary/aromatic N) is 8. The number of hydrogen-bond acceptors (Lipinski definition) is 6. The second kappa shape index (κ2) is 4.15. The minimum absolute atomic E-state index is 0.0682. The highest BCUT2D eigenvalue weighted by Gasteiger charge is 2.09. The van der Waals surface area contributed by atoms with E-state index in [0.29, 0.717) is 5.95 Å². The van der Waals surface area contributed by atoms with Gasteiger partial charge < -0.3 is 0 Å². The van der Waals surface area contributed by atoms with Crippen molar-refractivity contribution in [2.24, 2.45) is 0 Å². The van der Waals surface area contributed by atoms with E-state index in [9.17, 15) is 0 Å². The third kappa shape index (κ3) is 1.93. The SMILES string of the molecule is Cc1cnn(-c2nc(Cl)nc(-n3cncn3)n2)c1. The third-order valence-corrected chi connectivity index (χ3v) is 2.29. The molecule has 0 aliphatic carbocycles. The Labute approximate surface area is 106 Å². The molecule has 0 aliphatic heterocycles. The molecule has 0 aliphatic rings. The van der Waals surface area contributed by atoms with Crippen LogP contribution in [-0.2, 0) is 0 Å². The molecule has 0 saturated carbocycles. The Bertz CT molecular complexity index is 674. The Kier molecular flexibility index (Phi) is 2.49. The second-order valence-electron chi connectivity index (χ2n) is 3.51. The average Bonchev–Trinajstić information content (AvgIpc) is 2.98. The summed E-state index contributed by atoms with van der Waals surface area (Å²) in [5.41, 5.74) is 0.994. The molecule has 0 bridgehead atoms. The van der Waals surface area contributed by atoms with E-state index in [4.69, 9.17) is 11.6 Å². The lowest BCUT2D eigenvalue weighted by Gasteiger charge is -2.02. The van der Waals surface area contributed by atoms with Gasteiger partial charge in [-0.15, -0.1) is 0 Å². The number of hydrogen-bond donors (Lipinski definition) is 0. The van der Waals surface area contributed by atoms with E-state index in [1.54, 1.807) is 12.4 Å². The van der Waals surface area contributed by atoms with Gasteiger partial charge in [-0.25, -0.2) is 9.67 Å². The first kappa shape index (κ1) is 10.8. The van der Waals surface area contributed by atoms with Gasteiger partial charge in [-0.3, -0.25) is 0 Å². The molecule has 0 unspecified atom stereocenters. The highest BCUT2D eigenvalue weighted by molar-refractivity contribution is 6.28. The third-order valence-electron chi connectivity index (χ3n) is 2.12. The molecule has 0 fully saturated rings. The van der Waals surface area contributed by atoms with Crippen LogP contribution in [0.5, 0.6) is 0 Å². The maximum absolute atomic E-state index is 5.86. The van der Waals surface area contributed by atoms with Gasteiger partial charge in [0.15, 0.2) is 0 Å². The van der Waals surface area contributed by atoms with Crippen LogP contribution in [0.25, 0.3) is 11.9 Å². The molecule has 0 saturated heterocycles. The lowest BCUT2D eigenvalue weighted by atomic mass is 10.4. The maximum Gasteiger partial charge on any atom is 0.258 e. The maximum atomic E-state index is 5.86. The fourth-order valence-corrected chi connectivity index (χ4v) is 1.52. The normalized spacial score (nSPS) is 10.8. The van der Waals surface area contributed by atoms with Crippen LogP contribution in [0.2, 0.25) is 5.28 Å². The van der Waals surface area contributed by atoms with Gasteiger partial charge in [0.05, 0.1) is 6.20 Å². The Balaban J connectivity index is 2.11. The monoisotopic (exact) mass is 262 g/mol. The van der Waals surface area contributed by atoms with E-state index >= 15 is 0 Å². The fraction of sp³-hybridized carbons (Fsp3) is 0.111. The van der Waals surface area contributed by atoms with Gasteiger partial charge >= 0.3 is 0 Å². The summed E-state index contributed by atoms with van der Waals surface area (Å²) in [4.78, 5) is 16.0. The fourth-order valence-electron chi connectivity index (χ4n) is 1.37. The molecular formula is C9H7ClN8. The zero-order valence-corrected chi connectivity index (χ0v) is 10.0. The average molecular weight is 263 g/mol. The van der Waals surface area contributed by atoms with Crippen LogP contribution in [0.15, 0.2) is 25.0 Å². The van der Waals surface area contributed by atoms with Crippen molar-refractivity contribution in [1.82, 2.24) is 39.5 Å². The van der Waals surface area contributed by atoms with Crippen LogP contribution >= 0.6 is 11.6 Å². The predicted molar refractivity (Wildman–Crippen MR) is 61.6 cm³/mol. The van der Waals surface area contributed by atoms with Crippen LogP contribution in [0.3, 0.4) is 0 Å². The van der Waals surface area contributed by atoms with Gasteiger partial charge in [-0.05, 0) is 24.1 Å². The van der Waals surface area contributed by atoms with Crippen molar-refractivity contribution in [1.29, 1.82) is 0 Å². The number of aromatic nitrogens is 8. The molecular weight excluding hydrogens is 256 g/mol. The highest BCUT2D eigenvalue weighted by Crippen LogP contribution is 2.08. The van der Waals surface area contributed by atoms with E-state index in [1.807, 2.05) is 6.92 Å². The Morgan fingerprint density at radius 1 is 1.06 bits per heavy atom. The molecule has 90 valence electrons. The molecule has 8 nitrogen and oxygen atoms in total. The van der Waals surface area contributed by atoms with E-state index in [1.165, 1.54) is 22.0 Å². The molecule has 0 radical (unpaired) electrons. The van der Waals surface area contributed by atoms with Gasteiger partial charge in [0.1, 0.15) is 12.7 Å². The molecule has 0 aromatic carbocycles. The lowest BCUT2D eigenvalue weighted by Crippen LogP contribution is -2.09. The van der Waals surface area contributed by atoms with Crippen molar-refractivity contribution in [2.45, 2.75) is 6.92 Å². The van der Waals surface area contributed by atoms with Crippen molar-refractivity contribution < 1.29 is 0 Å². The molecule has 18 heavy (non-hydrogen) atoms. The van der Waals surface area contributed by atoms with E-state index in [2.05, 4.69) is 30.1 Å². The van der Waals surface area contributed by atoms with Crippen molar-refractivity contribution >= 4 is 11.6 Å². The molecule has 3 aromatic heterocycles. The van der Waals surface area contributed by atoms with Crippen molar-refractivity contribution in [3.05, 3.63) is 35.9 Å². The van der Waals surface area contributed by atoms with Crippen molar-refractivity contribution in [3.63, 3.8) is 0 Å².